The van der Waals surface area contributed by atoms with E-state index >= 15 is 0 Å². The fourth-order valence-electron chi connectivity index (χ4n) is 1.89. The van der Waals surface area contributed by atoms with E-state index in [1.807, 2.05) is 54.7 Å². The normalized spacial score (nSPS) is 11.0. The molecule has 2 nitrogen and oxygen atoms in total. The minimum atomic E-state index is 0.631. The minimum absolute atomic E-state index is 0.631. The Morgan fingerprint density at radius 2 is 1.65 bits per heavy atom. The topological polar surface area (TPSA) is 25.2 Å². The van der Waals surface area contributed by atoms with Crippen molar-refractivity contribution in [2.24, 2.45) is 4.99 Å². The number of hydrogen-bond acceptors (Lipinski definition) is 3. The molecule has 20 heavy (non-hydrogen) atoms. The fraction of sp³-hybridized carbons (Fsp3) is 0.0588. The van der Waals surface area contributed by atoms with Crippen molar-refractivity contribution in [3.05, 3.63) is 76.6 Å². The lowest BCUT2D eigenvalue weighted by atomic mass is 10.2. The van der Waals surface area contributed by atoms with Gasteiger partial charge in [-0.05, 0) is 5.56 Å². The van der Waals surface area contributed by atoms with Crippen molar-refractivity contribution < 1.29 is 0 Å². The van der Waals surface area contributed by atoms with Gasteiger partial charge in [-0.3, -0.25) is 4.99 Å². The molecule has 0 unspecified atom stereocenters. The van der Waals surface area contributed by atoms with E-state index in [9.17, 15) is 0 Å². The molecule has 0 amide bonds. The van der Waals surface area contributed by atoms with Crippen molar-refractivity contribution in [1.29, 1.82) is 0 Å². The molecule has 0 spiro atoms. The van der Waals surface area contributed by atoms with Crippen LogP contribution < -0.4 is 0 Å². The molecule has 3 rings (SSSR count). The second-order valence-corrected chi connectivity index (χ2v) is 5.32. The monoisotopic (exact) mass is 278 g/mol. The first-order valence-corrected chi connectivity index (χ1v) is 7.34. The van der Waals surface area contributed by atoms with Crippen LogP contribution in [0, 0.1) is 0 Å². The van der Waals surface area contributed by atoms with Crippen molar-refractivity contribution in [2.75, 3.05) is 0 Å². The molecule has 0 aliphatic rings. The maximum atomic E-state index is 4.62. The Morgan fingerprint density at radius 1 is 0.950 bits per heavy atom. The zero-order chi connectivity index (χ0) is 13.6. The van der Waals surface area contributed by atoms with Crippen molar-refractivity contribution >= 4 is 17.6 Å². The summed E-state index contributed by atoms with van der Waals surface area (Å²) in [5.74, 6) is 0. The predicted octanol–water partition coefficient (Wildman–Crippen LogP) is 4.43. The van der Waals surface area contributed by atoms with Gasteiger partial charge < -0.3 is 0 Å². The van der Waals surface area contributed by atoms with E-state index in [0.29, 0.717) is 6.54 Å². The van der Waals surface area contributed by atoms with Gasteiger partial charge in [0.05, 0.1) is 12.2 Å². The Balaban J connectivity index is 1.68. The molecule has 3 heteroatoms. The summed E-state index contributed by atoms with van der Waals surface area (Å²) in [4.78, 5) is 9.06. The van der Waals surface area contributed by atoms with Crippen LogP contribution in [0.1, 0.15) is 10.6 Å². The second-order valence-electron chi connectivity index (χ2n) is 4.37. The fourth-order valence-corrected chi connectivity index (χ4v) is 2.63. The molecular weight excluding hydrogens is 264 g/mol. The van der Waals surface area contributed by atoms with Crippen LogP contribution >= 0.6 is 11.3 Å². The number of benzene rings is 2. The van der Waals surface area contributed by atoms with Gasteiger partial charge in [0.15, 0.2) is 0 Å². The number of nitrogens with zero attached hydrogens (tertiary/aromatic N) is 2. The van der Waals surface area contributed by atoms with Crippen LogP contribution in [0.5, 0.6) is 0 Å². The first-order chi connectivity index (χ1) is 9.92. The standard InChI is InChI=1S/C17H14N2S/c1-3-7-14(8-4-1)11-18-12-17-19-16(13-20-17)15-9-5-2-6-10-15/h1-11,13H,12H2. The molecule has 0 saturated heterocycles. The summed E-state index contributed by atoms with van der Waals surface area (Å²) in [6.07, 6.45) is 1.89. The van der Waals surface area contributed by atoms with E-state index in [-0.39, 0.29) is 0 Å². The highest BCUT2D eigenvalue weighted by atomic mass is 32.1. The van der Waals surface area contributed by atoms with Gasteiger partial charge in [-0.2, -0.15) is 0 Å². The third-order valence-corrected chi connectivity index (χ3v) is 3.72. The molecule has 0 radical (unpaired) electrons. The average Bonchev–Trinajstić information content (AvgIpc) is 2.98. The summed E-state index contributed by atoms with van der Waals surface area (Å²) >= 11 is 1.65. The quantitative estimate of drug-likeness (QED) is 0.648. The van der Waals surface area contributed by atoms with Crippen molar-refractivity contribution in [2.45, 2.75) is 6.54 Å². The highest BCUT2D eigenvalue weighted by Crippen LogP contribution is 2.21. The Morgan fingerprint density at radius 3 is 2.40 bits per heavy atom. The highest BCUT2D eigenvalue weighted by Gasteiger charge is 2.02. The van der Waals surface area contributed by atoms with Gasteiger partial charge in [-0.25, -0.2) is 4.98 Å². The zero-order valence-electron chi connectivity index (χ0n) is 10.9. The van der Waals surface area contributed by atoms with E-state index in [1.165, 1.54) is 0 Å². The summed E-state index contributed by atoms with van der Waals surface area (Å²) in [5, 5.41) is 3.12. The number of aromatic nitrogens is 1. The number of thiazole rings is 1. The minimum Gasteiger partial charge on any atom is -0.285 e. The predicted molar refractivity (Wildman–Crippen MR) is 85.3 cm³/mol. The Labute approximate surface area is 122 Å². The van der Waals surface area contributed by atoms with Crippen LogP contribution in [0.2, 0.25) is 0 Å². The van der Waals surface area contributed by atoms with Gasteiger partial charge in [0.2, 0.25) is 0 Å². The maximum Gasteiger partial charge on any atom is 0.115 e. The van der Waals surface area contributed by atoms with Crippen LogP contribution in [0.25, 0.3) is 11.3 Å². The average molecular weight is 278 g/mol. The lowest BCUT2D eigenvalue weighted by molar-refractivity contribution is 1.05. The van der Waals surface area contributed by atoms with Crippen LogP contribution in [0.4, 0.5) is 0 Å². The summed E-state index contributed by atoms with van der Waals surface area (Å²) in [5.41, 5.74) is 3.30. The zero-order valence-corrected chi connectivity index (χ0v) is 11.8. The van der Waals surface area contributed by atoms with Gasteiger partial charge in [-0.15, -0.1) is 11.3 Å². The van der Waals surface area contributed by atoms with Gasteiger partial charge >= 0.3 is 0 Å². The SMILES string of the molecule is C(=NCc1nc(-c2ccccc2)cs1)c1ccccc1. The number of hydrogen-bond donors (Lipinski definition) is 0. The Kier molecular flexibility index (Phi) is 3.99. The van der Waals surface area contributed by atoms with E-state index in [4.69, 9.17) is 0 Å². The van der Waals surface area contributed by atoms with E-state index in [1.54, 1.807) is 11.3 Å². The molecule has 1 aromatic heterocycles. The van der Waals surface area contributed by atoms with Gasteiger partial charge in [0, 0.05) is 17.2 Å². The largest absolute Gasteiger partial charge is 0.285 e. The van der Waals surface area contributed by atoms with E-state index in [0.717, 1.165) is 21.8 Å². The van der Waals surface area contributed by atoms with Crippen molar-refractivity contribution in [3.8, 4) is 11.3 Å². The van der Waals surface area contributed by atoms with Crippen LogP contribution in [0.3, 0.4) is 0 Å². The Hall–Kier alpha value is -2.26. The van der Waals surface area contributed by atoms with Gasteiger partial charge in [0.25, 0.3) is 0 Å². The van der Waals surface area contributed by atoms with Gasteiger partial charge in [-0.1, -0.05) is 60.7 Å². The Bertz CT molecular complexity index is 687. The molecule has 0 fully saturated rings. The summed E-state index contributed by atoms with van der Waals surface area (Å²) in [6.45, 7) is 0.631. The lowest BCUT2D eigenvalue weighted by Crippen LogP contribution is -1.84. The molecule has 1 heterocycles. The lowest BCUT2D eigenvalue weighted by Gasteiger charge is -1.94. The molecule has 0 aliphatic carbocycles. The summed E-state index contributed by atoms with van der Waals surface area (Å²) < 4.78 is 0. The molecule has 0 N–H and O–H groups in total. The van der Waals surface area contributed by atoms with Gasteiger partial charge in [0.1, 0.15) is 5.01 Å². The molecule has 2 aromatic carbocycles. The maximum absolute atomic E-state index is 4.62. The van der Waals surface area contributed by atoms with Crippen molar-refractivity contribution in [3.63, 3.8) is 0 Å². The first-order valence-electron chi connectivity index (χ1n) is 6.46. The first kappa shape index (κ1) is 12.8. The highest BCUT2D eigenvalue weighted by molar-refractivity contribution is 7.09. The molecule has 0 aliphatic heterocycles. The molecule has 0 saturated carbocycles. The summed E-state index contributed by atoms with van der Waals surface area (Å²) in [7, 11) is 0. The van der Waals surface area contributed by atoms with Crippen LogP contribution in [0.15, 0.2) is 71.0 Å². The third kappa shape index (κ3) is 3.19. The smallest absolute Gasteiger partial charge is 0.115 e. The van der Waals surface area contributed by atoms with Crippen molar-refractivity contribution in [1.82, 2.24) is 4.98 Å². The summed E-state index contributed by atoms with van der Waals surface area (Å²) in [6, 6.07) is 20.3. The van der Waals surface area contributed by atoms with E-state index in [2.05, 4.69) is 27.5 Å². The second kappa shape index (κ2) is 6.26. The van der Waals surface area contributed by atoms with Crippen LogP contribution in [-0.2, 0) is 6.54 Å². The van der Waals surface area contributed by atoms with E-state index < -0.39 is 0 Å². The molecule has 0 bridgehead atoms. The number of aliphatic imine (C=N–C) groups is 1. The molecular formula is C17H14N2S. The molecule has 98 valence electrons. The van der Waals surface area contributed by atoms with Crippen LogP contribution in [-0.4, -0.2) is 11.2 Å². The molecule has 3 aromatic rings. The third-order valence-electron chi connectivity index (χ3n) is 2.89. The molecule has 0 atom stereocenters. The number of rotatable bonds is 4.